The van der Waals surface area contributed by atoms with Gasteiger partial charge < -0.3 is 4.90 Å². The van der Waals surface area contributed by atoms with Crippen LogP contribution in [0.25, 0.3) is 0 Å². The second-order valence-corrected chi connectivity index (χ2v) is 6.94. The minimum atomic E-state index is 0.123. The molecule has 0 N–H and O–H groups in total. The summed E-state index contributed by atoms with van der Waals surface area (Å²) in [5.74, 6) is 0.123. The maximum atomic E-state index is 12.9. The van der Waals surface area contributed by atoms with Gasteiger partial charge in [-0.05, 0) is 42.0 Å². The van der Waals surface area contributed by atoms with Crippen molar-refractivity contribution in [1.82, 2.24) is 19.7 Å². The third-order valence-corrected chi connectivity index (χ3v) is 5.37. The lowest BCUT2D eigenvalue weighted by molar-refractivity contribution is 0.0738. The Kier molecular flexibility index (Phi) is 4.13. The molecule has 1 aliphatic heterocycles. The molecule has 24 heavy (non-hydrogen) atoms. The summed E-state index contributed by atoms with van der Waals surface area (Å²) in [4.78, 5) is 20.1. The summed E-state index contributed by atoms with van der Waals surface area (Å²) in [6.45, 7) is 1.50. The first-order valence-electron chi connectivity index (χ1n) is 8.07. The molecular weight excluding hydrogens is 320 g/mol. The third kappa shape index (κ3) is 2.97. The predicted octanol–water partition coefficient (Wildman–Crippen LogP) is 3.37. The smallest absolute Gasteiger partial charge is 0.254 e. The number of aromatic nitrogens is 3. The normalized spacial score (nSPS) is 17.3. The maximum Gasteiger partial charge on any atom is 0.254 e. The largest absolute Gasteiger partial charge is 0.331 e. The SMILES string of the molecule is O=C(c1ccc(Cn2cncn2)cc1)N1CCCC1c1cccs1. The van der Waals surface area contributed by atoms with Crippen molar-refractivity contribution in [3.8, 4) is 0 Å². The van der Waals surface area contributed by atoms with Gasteiger partial charge >= 0.3 is 0 Å². The number of nitrogens with zero attached hydrogens (tertiary/aromatic N) is 4. The van der Waals surface area contributed by atoms with E-state index >= 15 is 0 Å². The van der Waals surface area contributed by atoms with Crippen LogP contribution in [-0.4, -0.2) is 32.1 Å². The van der Waals surface area contributed by atoms with Gasteiger partial charge in [-0.1, -0.05) is 18.2 Å². The van der Waals surface area contributed by atoms with Crippen LogP contribution in [0.5, 0.6) is 0 Å². The second kappa shape index (κ2) is 6.57. The summed E-state index contributed by atoms with van der Waals surface area (Å²) in [6.07, 6.45) is 5.33. The van der Waals surface area contributed by atoms with Crippen molar-refractivity contribution in [2.75, 3.05) is 6.54 Å². The average molecular weight is 338 g/mol. The molecule has 6 heteroatoms. The summed E-state index contributed by atoms with van der Waals surface area (Å²) >= 11 is 1.73. The zero-order valence-electron chi connectivity index (χ0n) is 13.2. The highest BCUT2D eigenvalue weighted by atomic mass is 32.1. The van der Waals surface area contributed by atoms with E-state index in [1.54, 1.807) is 22.3 Å². The molecule has 0 radical (unpaired) electrons. The fraction of sp³-hybridized carbons (Fsp3) is 0.278. The van der Waals surface area contributed by atoms with Crippen molar-refractivity contribution in [2.24, 2.45) is 0 Å². The van der Waals surface area contributed by atoms with Gasteiger partial charge in [-0.25, -0.2) is 9.67 Å². The average Bonchev–Trinajstić information content (AvgIpc) is 3.36. The maximum absolute atomic E-state index is 12.9. The fourth-order valence-electron chi connectivity index (χ4n) is 3.21. The van der Waals surface area contributed by atoms with Gasteiger partial charge in [0.15, 0.2) is 0 Å². The Morgan fingerprint density at radius 1 is 1.25 bits per heavy atom. The Balaban J connectivity index is 1.49. The molecule has 0 spiro atoms. The standard InChI is InChI=1S/C18H18N4OS/c23-18(22-9-1-3-16(22)17-4-2-10-24-17)15-7-5-14(6-8-15)11-21-13-19-12-20-21/h2,4-8,10,12-13,16H,1,3,9,11H2. The number of amides is 1. The van der Waals surface area contributed by atoms with Gasteiger partial charge in [0.25, 0.3) is 5.91 Å². The molecule has 4 rings (SSSR count). The number of hydrogen-bond acceptors (Lipinski definition) is 4. The number of carbonyl (C=O) groups excluding carboxylic acids is 1. The molecular formula is C18H18N4OS. The van der Waals surface area contributed by atoms with Crippen LogP contribution >= 0.6 is 11.3 Å². The quantitative estimate of drug-likeness (QED) is 0.733. The molecule has 1 aromatic carbocycles. The summed E-state index contributed by atoms with van der Waals surface area (Å²) in [5, 5.41) is 6.18. The van der Waals surface area contributed by atoms with E-state index in [2.05, 4.69) is 27.6 Å². The number of rotatable bonds is 4. The van der Waals surface area contributed by atoms with Crippen molar-refractivity contribution in [2.45, 2.75) is 25.4 Å². The first-order valence-corrected chi connectivity index (χ1v) is 8.95. The first-order chi connectivity index (χ1) is 11.8. The summed E-state index contributed by atoms with van der Waals surface area (Å²) in [5.41, 5.74) is 1.86. The molecule has 3 aromatic rings. The second-order valence-electron chi connectivity index (χ2n) is 5.96. The topological polar surface area (TPSA) is 51.0 Å². The lowest BCUT2D eigenvalue weighted by atomic mass is 10.1. The Labute approximate surface area is 144 Å². The van der Waals surface area contributed by atoms with Gasteiger partial charge in [-0.2, -0.15) is 5.10 Å². The Morgan fingerprint density at radius 3 is 2.83 bits per heavy atom. The van der Waals surface area contributed by atoms with Gasteiger partial charge in [0.1, 0.15) is 12.7 Å². The monoisotopic (exact) mass is 338 g/mol. The van der Waals surface area contributed by atoms with Crippen molar-refractivity contribution in [1.29, 1.82) is 0 Å². The van der Waals surface area contributed by atoms with E-state index in [9.17, 15) is 4.79 Å². The molecule has 3 heterocycles. The third-order valence-electron chi connectivity index (χ3n) is 4.40. The molecule has 1 amide bonds. The Morgan fingerprint density at radius 2 is 2.12 bits per heavy atom. The highest BCUT2D eigenvalue weighted by Crippen LogP contribution is 2.35. The van der Waals surface area contributed by atoms with Gasteiger partial charge in [-0.15, -0.1) is 11.3 Å². The van der Waals surface area contributed by atoms with Crippen LogP contribution in [0, 0.1) is 0 Å². The van der Waals surface area contributed by atoms with Crippen LogP contribution in [0.3, 0.4) is 0 Å². The lowest BCUT2D eigenvalue weighted by Crippen LogP contribution is -2.30. The molecule has 5 nitrogen and oxygen atoms in total. The van der Waals surface area contributed by atoms with Gasteiger partial charge in [0.2, 0.25) is 0 Å². The van der Waals surface area contributed by atoms with E-state index in [-0.39, 0.29) is 11.9 Å². The van der Waals surface area contributed by atoms with E-state index in [1.165, 1.54) is 11.2 Å². The Bertz CT molecular complexity index is 796. The van der Waals surface area contributed by atoms with E-state index in [1.807, 2.05) is 29.2 Å². The molecule has 1 unspecified atom stereocenters. The Hall–Kier alpha value is -2.47. The molecule has 122 valence electrons. The number of likely N-dealkylation sites (tertiary alicyclic amines) is 1. The van der Waals surface area contributed by atoms with Crippen molar-refractivity contribution in [3.05, 3.63) is 70.4 Å². The van der Waals surface area contributed by atoms with E-state index in [0.717, 1.165) is 30.5 Å². The zero-order chi connectivity index (χ0) is 16.4. The van der Waals surface area contributed by atoms with Crippen molar-refractivity contribution in [3.63, 3.8) is 0 Å². The lowest BCUT2D eigenvalue weighted by Gasteiger charge is -2.24. The van der Waals surface area contributed by atoms with Crippen LogP contribution in [0.4, 0.5) is 0 Å². The van der Waals surface area contributed by atoms with E-state index < -0.39 is 0 Å². The molecule has 1 aliphatic rings. The molecule has 0 aliphatic carbocycles. The van der Waals surface area contributed by atoms with Crippen molar-refractivity contribution >= 4 is 17.2 Å². The number of hydrogen-bond donors (Lipinski definition) is 0. The molecule has 0 saturated carbocycles. The zero-order valence-corrected chi connectivity index (χ0v) is 14.0. The van der Waals surface area contributed by atoms with E-state index in [0.29, 0.717) is 6.54 Å². The molecule has 1 atom stereocenters. The van der Waals surface area contributed by atoms with Crippen LogP contribution in [0.15, 0.2) is 54.4 Å². The number of benzene rings is 1. The predicted molar refractivity (Wildman–Crippen MR) is 92.9 cm³/mol. The molecule has 1 saturated heterocycles. The van der Waals surface area contributed by atoms with Gasteiger partial charge in [0, 0.05) is 17.0 Å². The first kappa shape index (κ1) is 15.1. The summed E-state index contributed by atoms with van der Waals surface area (Å²) in [6, 6.07) is 12.2. The van der Waals surface area contributed by atoms with Crippen LogP contribution < -0.4 is 0 Å². The van der Waals surface area contributed by atoms with Crippen molar-refractivity contribution < 1.29 is 4.79 Å². The fourth-order valence-corrected chi connectivity index (χ4v) is 4.08. The number of thiophene rings is 1. The molecule has 1 fully saturated rings. The molecule has 2 aromatic heterocycles. The van der Waals surface area contributed by atoms with Crippen LogP contribution in [0.2, 0.25) is 0 Å². The highest BCUT2D eigenvalue weighted by Gasteiger charge is 2.31. The summed E-state index contributed by atoms with van der Waals surface area (Å²) < 4.78 is 1.77. The van der Waals surface area contributed by atoms with E-state index in [4.69, 9.17) is 0 Å². The minimum absolute atomic E-state index is 0.123. The minimum Gasteiger partial charge on any atom is -0.331 e. The molecule has 0 bridgehead atoms. The van der Waals surface area contributed by atoms with Gasteiger partial charge in [-0.3, -0.25) is 4.79 Å². The highest BCUT2D eigenvalue weighted by molar-refractivity contribution is 7.10. The summed E-state index contributed by atoms with van der Waals surface area (Å²) in [7, 11) is 0. The van der Waals surface area contributed by atoms with Crippen LogP contribution in [-0.2, 0) is 6.54 Å². The number of carbonyl (C=O) groups is 1. The van der Waals surface area contributed by atoms with Crippen LogP contribution in [0.1, 0.15) is 39.7 Å². The van der Waals surface area contributed by atoms with Gasteiger partial charge in [0.05, 0.1) is 12.6 Å².